The van der Waals surface area contributed by atoms with Crippen LogP contribution in [0, 0.1) is 6.92 Å². The fourth-order valence-corrected chi connectivity index (χ4v) is 4.14. The van der Waals surface area contributed by atoms with Crippen LogP contribution in [0.4, 0.5) is 18.9 Å². The maximum absolute atomic E-state index is 14.1. The van der Waals surface area contributed by atoms with Gasteiger partial charge in [0.2, 0.25) is 0 Å². The molecule has 2 atom stereocenters. The molecule has 31 heavy (non-hydrogen) atoms. The molecule has 162 valence electrons. The molecule has 0 saturated heterocycles. The number of aromatic nitrogens is 1. The molecule has 7 heteroatoms. The topological polar surface area (TPSA) is 54.7 Å². The second-order valence-corrected chi connectivity index (χ2v) is 8.31. The molecule has 0 bridgehead atoms. The molecule has 4 nitrogen and oxygen atoms in total. The van der Waals surface area contributed by atoms with Crippen LogP contribution in [0.15, 0.2) is 59.6 Å². The van der Waals surface area contributed by atoms with Gasteiger partial charge in [-0.05, 0) is 50.1 Å². The van der Waals surface area contributed by atoms with Gasteiger partial charge in [0.15, 0.2) is 5.60 Å². The highest BCUT2D eigenvalue weighted by Gasteiger charge is 2.56. The Morgan fingerprint density at radius 1 is 1.13 bits per heavy atom. The molecule has 0 spiro atoms. The van der Waals surface area contributed by atoms with Gasteiger partial charge in [0.25, 0.3) is 0 Å². The van der Waals surface area contributed by atoms with Crippen LogP contribution in [0.5, 0.6) is 5.75 Å². The van der Waals surface area contributed by atoms with E-state index in [1.54, 1.807) is 61.5 Å². The van der Waals surface area contributed by atoms with Crippen LogP contribution < -0.4 is 4.74 Å². The van der Waals surface area contributed by atoms with E-state index in [1.165, 1.54) is 0 Å². The van der Waals surface area contributed by atoms with Gasteiger partial charge in [-0.25, -0.2) is 0 Å². The summed E-state index contributed by atoms with van der Waals surface area (Å²) in [6.45, 7) is 3.85. The Hall–Kier alpha value is -2.93. The monoisotopic (exact) mass is 428 g/mol. The molecule has 1 aliphatic rings. The highest BCUT2D eigenvalue weighted by molar-refractivity contribution is 5.92. The number of halogens is 3. The summed E-state index contributed by atoms with van der Waals surface area (Å²) >= 11 is 0. The number of para-hydroxylation sites is 1. The molecule has 0 aliphatic carbocycles. The zero-order valence-electron chi connectivity index (χ0n) is 17.3. The van der Waals surface area contributed by atoms with Crippen molar-refractivity contribution in [3.05, 3.63) is 65.9 Å². The van der Waals surface area contributed by atoms with Gasteiger partial charge < -0.3 is 9.84 Å². The van der Waals surface area contributed by atoms with Crippen molar-refractivity contribution < 1.29 is 23.0 Å². The molecule has 1 N–H and O–H groups in total. The minimum atomic E-state index is -4.90. The smallest absolute Gasteiger partial charge is 0.422 e. The predicted molar refractivity (Wildman–Crippen MR) is 114 cm³/mol. The summed E-state index contributed by atoms with van der Waals surface area (Å²) in [7, 11) is 0. The molecule has 0 saturated carbocycles. The summed E-state index contributed by atoms with van der Waals surface area (Å²) in [4.78, 5) is 8.48. The third kappa shape index (κ3) is 4.02. The van der Waals surface area contributed by atoms with E-state index in [0.29, 0.717) is 40.5 Å². The highest BCUT2D eigenvalue weighted by atomic mass is 19.4. The summed E-state index contributed by atoms with van der Waals surface area (Å²) in [6.07, 6.45) is -4.47. The first kappa shape index (κ1) is 21.3. The SMILES string of the molecule is Cc1ccc2c(N=CC(O)(CC3(C)CCOc4ccccc43)C(F)(F)F)cccc2n1. The molecular weight excluding hydrogens is 405 g/mol. The fourth-order valence-electron chi connectivity index (χ4n) is 4.14. The Bertz CT molecular complexity index is 1150. The Morgan fingerprint density at radius 3 is 2.68 bits per heavy atom. The summed E-state index contributed by atoms with van der Waals surface area (Å²) in [5.74, 6) is 0.549. The number of aliphatic hydroxyl groups is 1. The average molecular weight is 428 g/mol. The molecule has 4 rings (SSSR count). The van der Waals surface area contributed by atoms with Crippen LogP contribution in [0.2, 0.25) is 0 Å². The van der Waals surface area contributed by atoms with Crippen molar-refractivity contribution in [1.82, 2.24) is 4.98 Å². The number of benzene rings is 2. The van der Waals surface area contributed by atoms with Crippen molar-refractivity contribution in [1.29, 1.82) is 0 Å². The summed E-state index contributed by atoms with van der Waals surface area (Å²) < 4.78 is 47.9. The van der Waals surface area contributed by atoms with E-state index >= 15 is 0 Å². The second-order valence-electron chi connectivity index (χ2n) is 8.31. The van der Waals surface area contributed by atoms with E-state index in [-0.39, 0.29) is 6.61 Å². The third-order valence-corrected chi connectivity index (χ3v) is 5.86. The maximum atomic E-state index is 14.1. The van der Waals surface area contributed by atoms with Gasteiger partial charge in [0.05, 0.1) is 17.8 Å². The summed E-state index contributed by atoms with van der Waals surface area (Å²) in [5, 5.41) is 11.5. The average Bonchev–Trinajstić information content (AvgIpc) is 2.71. The molecule has 1 aliphatic heterocycles. The number of alkyl halides is 3. The molecule has 0 amide bonds. The number of ether oxygens (including phenoxy) is 1. The van der Waals surface area contributed by atoms with E-state index in [1.807, 2.05) is 6.92 Å². The van der Waals surface area contributed by atoms with Gasteiger partial charge in [-0.1, -0.05) is 31.2 Å². The molecule has 2 heterocycles. The lowest BCUT2D eigenvalue weighted by molar-refractivity contribution is -0.235. The summed E-state index contributed by atoms with van der Waals surface area (Å²) in [5.41, 5.74) is -1.62. The van der Waals surface area contributed by atoms with E-state index < -0.39 is 23.6 Å². The van der Waals surface area contributed by atoms with Crippen LogP contribution in [-0.2, 0) is 5.41 Å². The quantitative estimate of drug-likeness (QED) is 0.545. The number of aryl methyl sites for hydroxylation is 1. The van der Waals surface area contributed by atoms with Gasteiger partial charge in [-0.2, -0.15) is 13.2 Å². The number of hydrogen-bond donors (Lipinski definition) is 1. The Balaban J connectivity index is 1.74. The number of rotatable bonds is 4. The maximum Gasteiger partial charge on any atom is 0.422 e. The first-order valence-corrected chi connectivity index (χ1v) is 10.0. The Labute approximate surface area is 178 Å². The third-order valence-electron chi connectivity index (χ3n) is 5.86. The number of hydrogen-bond acceptors (Lipinski definition) is 4. The number of nitrogens with zero attached hydrogens (tertiary/aromatic N) is 2. The zero-order valence-corrected chi connectivity index (χ0v) is 17.3. The molecule has 0 fully saturated rings. The van der Waals surface area contributed by atoms with Crippen molar-refractivity contribution in [3.63, 3.8) is 0 Å². The van der Waals surface area contributed by atoms with Crippen molar-refractivity contribution >= 4 is 22.8 Å². The Kier molecular flexibility index (Phi) is 5.25. The van der Waals surface area contributed by atoms with Crippen LogP contribution in [-0.4, -0.2) is 34.7 Å². The largest absolute Gasteiger partial charge is 0.493 e. The number of fused-ring (bicyclic) bond motifs is 2. The van der Waals surface area contributed by atoms with Crippen LogP contribution in [0.3, 0.4) is 0 Å². The fraction of sp³-hybridized carbons (Fsp3) is 0.333. The van der Waals surface area contributed by atoms with Gasteiger partial charge >= 0.3 is 6.18 Å². The lowest BCUT2D eigenvalue weighted by Gasteiger charge is -2.41. The molecule has 3 aromatic rings. The highest BCUT2D eigenvalue weighted by Crippen LogP contribution is 2.47. The second kappa shape index (κ2) is 7.64. The molecule has 0 radical (unpaired) electrons. The van der Waals surface area contributed by atoms with E-state index in [0.717, 1.165) is 5.69 Å². The van der Waals surface area contributed by atoms with Crippen molar-refractivity contribution in [2.24, 2.45) is 4.99 Å². The van der Waals surface area contributed by atoms with Crippen molar-refractivity contribution in [3.8, 4) is 5.75 Å². The lowest BCUT2D eigenvalue weighted by atomic mass is 9.70. The van der Waals surface area contributed by atoms with E-state index in [2.05, 4.69) is 9.98 Å². The minimum Gasteiger partial charge on any atom is -0.493 e. The van der Waals surface area contributed by atoms with Gasteiger partial charge in [0.1, 0.15) is 5.75 Å². The Morgan fingerprint density at radius 2 is 1.90 bits per heavy atom. The van der Waals surface area contributed by atoms with Gasteiger partial charge in [-0.15, -0.1) is 0 Å². The number of pyridine rings is 1. The predicted octanol–water partition coefficient (Wildman–Crippen LogP) is 5.67. The van der Waals surface area contributed by atoms with E-state index in [9.17, 15) is 18.3 Å². The molecule has 1 aromatic heterocycles. The van der Waals surface area contributed by atoms with Crippen LogP contribution >= 0.6 is 0 Å². The lowest BCUT2D eigenvalue weighted by Crippen LogP contribution is -2.51. The molecular formula is C24H23F3N2O2. The molecule has 2 aromatic carbocycles. The van der Waals surface area contributed by atoms with Crippen molar-refractivity contribution in [2.75, 3.05) is 6.61 Å². The van der Waals surface area contributed by atoms with Crippen LogP contribution in [0.25, 0.3) is 10.9 Å². The van der Waals surface area contributed by atoms with Crippen molar-refractivity contribution in [2.45, 2.75) is 43.9 Å². The van der Waals surface area contributed by atoms with Gasteiger partial charge in [0, 0.05) is 28.3 Å². The van der Waals surface area contributed by atoms with E-state index in [4.69, 9.17) is 4.74 Å². The molecule has 2 unspecified atom stereocenters. The number of aliphatic imine (C=N–C) groups is 1. The first-order chi connectivity index (χ1) is 14.6. The first-order valence-electron chi connectivity index (χ1n) is 10.0. The van der Waals surface area contributed by atoms with Gasteiger partial charge in [-0.3, -0.25) is 9.98 Å². The normalized spacial score (nSPS) is 21.0. The standard InChI is InChI=1S/C24H23F3N2O2/c1-16-10-11-17-19(7-5-8-20(17)29-16)28-15-23(30,24(25,26)27)14-22(2)12-13-31-21-9-4-3-6-18(21)22/h3-11,15,30H,12-14H2,1-2H3. The summed E-state index contributed by atoms with van der Waals surface area (Å²) in [6, 6.07) is 15.6. The van der Waals surface area contributed by atoms with Crippen LogP contribution in [0.1, 0.15) is 31.0 Å². The zero-order chi connectivity index (χ0) is 22.3. The minimum absolute atomic E-state index is 0.285.